The molecule has 5 heteroatoms. The van der Waals surface area contributed by atoms with Gasteiger partial charge in [-0.1, -0.05) is 15.9 Å². The maximum Gasteiger partial charge on any atom is 0.224 e. The van der Waals surface area contributed by atoms with E-state index in [9.17, 15) is 4.79 Å². The second kappa shape index (κ2) is 5.82. The number of halogens is 1. The molecule has 0 aliphatic rings. The molecule has 0 aliphatic carbocycles. The molecule has 0 spiro atoms. The van der Waals surface area contributed by atoms with E-state index in [1.807, 2.05) is 24.3 Å². The highest BCUT2D eigenvalue weighted by molar-refractivity contribution is 9.10. The van der Waals surface area contributed by atoms with Crippen LogP contribution in [0.5, 0.6) is 0 Å². The number of nitrogens with one attached hydrogen (secondary N) is 1. The Labute approximate surface area is 114 Å². The van der Waals surface area contributed by atoms with Crippen LogP contribution in [-0.2, 0) is 11.2 Å². The van der Waals surface area contributed by atoms with E-state index in [-0.39, 0.29) is 5.91 Å². The molecule has 0 aliphatic heterocycles. The van der Waals surface area contributed by atoms with Crippen molar-refractivity contribution in [3.63, 3.8) is 0 Å². The number of hydrogen-bond acceptors (Lipinski definition) is 3. The fraction of sp³-hybridized carbons (Fsp3) is 0.231. The molecule has 1 aromatic heterocycles. The Bertz CT molecular complexity index is 534. The van der Waals surface area contributed by atoms with Crippen LogP contribution in [0.3, 0.4) is 0 Å². The van der Waals surface area contributed by atoms with Gasteiger partial charge in [-0.05, 0) is 24.3 Å². The average Bonchev–Trinajstić information content (AvgIpc) is 2.76. The molecule has 94 valence electrons. The Kier molecular flexibility index (Phi) is 4.15. The molecular weight excluding hydrogens is 296 g/mol. The van der Waals surface area contributed by atoms with Gasteiger partial charge in [0, 0.05) is 29.9 Å². The lowest BCUT2D eigenvalue weighted by Gasteiger charge is -2.04. The zero-order valence-electron chi connectivity index (χ0n) is 9.94. The molecule has 0 unspecified atom stereocenters. The molecule has 1 aromatic carbocycles. The topological polar surface area (TPSA) is 55.1 Å². The van der Waals surface area contributed by atoms with E-state index in [4.69, 9.17) is 4.42 Å². The van der Waals surface area contributed by atoms with Crippen LogP contribution in [-0.4, -0.2) is 10.9 Å². The van der Waals surface area contributed by atoms with E-state index in [0.717, 1.165) is 15.9 Å². The maximum atomic E-state index is 11.7. The fourth-order valence-electron chi connectivity index (χ4n) is 1.52. The van der Waals surface area contributed by atoms with Gasteiger partial charge in [-0.15, -0.1) is 0 Å². The predicted octanol–water partition coefficient (Wildman–Crippen LogP) is 3.32. The van der Waals surface area contributed by atoms with Gasteiger partial charge in [0.15, 0.2) is 5.89 Å². The van der Waals surface area contributed by atoms with Crippen LogP contribution in [0.2, 0.25) is 0 Å². The molecule has 1 amide bonds. The maximum absolute atomic E-state index is 11.7. The van der Waals surface area contributed by atoms with Crippen molar-refractivity contribution in [1.29, 1.82) is 0 Å². The molecule has 1 heterocycles. The van der Waals surface area contributed by atoms with Crippen molar-refractivity contribution >= 4 is 27.5 Å². The van der Waals surface area contributed by atoms with E-state index < -0.39 is 0 Å². The fourth-order valence-corrected chi connectivity index (χ4v) is 1.79. The Morgan fingerprint density at radius 1 is 1.39 bits per heavy atom. The summed E-state index contributed by atoms with van der Waals surface area (Å²) in [5, 5.41) is 2.83. The molecule has 1 N–H and O–H groups in total. The van der Waals surface area contributed by atoms with Gasteiger partial charge in [0.1, 0.15) is 6.26 Å². The largest absolute Gasteiger partial charge is 0.449 e. The van der Waals surface area contributed by atoms with Gasteiger partial charge < -0.3 is 9.73 Å². The third-order valence-electron chi connectivity index (χ3n) is 2.40. The van der Waals surface area contributed by atoms with Crippen LogP contribution < -0.4 is 5.32 Å². The summed E-state index contributed by atoms with van der Waals surface area (Å²) < 4.78 is 6.06. The van der Waals surface area contributed by atoms with Gasteiger partial charge >= 0.3 is 0 Å². The third kappa shape index (κ3) is 3.70. The van der Waals surface area contributed by atoms with Crippen LogP contribution in [0.4, 0.5) is 5.69 Å². The molecule has 4 nitrogen and oxygen atoms in total. The van der Waals surface area contributed by atoms with Gasteiger partial charge in [-0.2, -0.15) is 0 Å². The number of benzene rings is 1. The van der Waals surface area contributed by atoms with Gasteiger partial charge in [-0.3, -0.25) is 4.79 Å². The first kappa shape index (κ1) is 12.8. The lowest BCUT2D eigenvalue weighted by molar-refractivity contribution is -0.116. The van der Waals surface area contributed by atoms with E-state index >= 15 is 0 Å². The van der Waals surface area contributed by atoms with E-state index in [2.05, 4.69) is 26.2 Å². The summed E-state index contributed by atoms with van der Waals surface area (Å²) >= 11 is 3.34. The van der Waals surface area contributed by atoms with Crippen molar-refractivity contribution in [3.8, 4) is 0 Å². The molecule has 0 saturated carbocycles. The van der Waals surface area contributed by atoms with Crippen molar-refractivity contribution in [2.45, 2.75) is 19.8 Å². The lowest BCUT2D eigenvalue weighted by Crippen LogP contribution is -2.12. The third-order valence-corrected chi connectivity index (χ3v) is 2.93. The number of amides is 1. The lowest BCUT2D eigenvalue weighted by atomic mass is 10.2. The minimum atomic E-state index is -0.0297. The molecule has 18 heavy (non-hydrogen) atoms. The summed E-state index contributed by atoms with van der Waals surface area (Å²) in [4.78, 5) is 15.8. The first-order valence-corrected chi connectivity index (χ1v) is 6.39. The van der Waals surface area contributed by atoms with Crippen LogP contribution in [0.25, 0.3) is 0 Å². The van der Waals surface area contributed by atoms with E-state index in [1.165, 1.54) is 0 Å². The summed E-state index contributed by atoms with van der Waals surface area (Å²) in [7, 11) is 0. The first-order valence-electron chi connectivity index (χ1n) is 5.60. The number of carbonyl (C=O) groups excluding carboxylic acids is 1. The Balaban J connectivity index is 1.83. The summed E-state index contributed by atoms with van der Waals surface area (Å²) in [6, 6.07) is 7.47. The number of aryl methyl sites for hydroxylation is 2. The number of nitrogens with zero attached hydrogens (tertiary/aromatic N) is 1. The Hall–Kier alpha value is -1.62. The second-order valence-corrected chi connectivity index (χ2v) is 4.83. The summed E-state index contributed by atoms with van der Waals surface area (Å²) in [6.07, 6.45) is 2.56. The highest BCUT2D eigenvalue weighted by atomic mass is 79.9. The standard InChI is InChI=1S/C13H13BrN2O2/c1-9-15-12(8-18-9)6-7-13(17)16-11-4-2-10(14)3-5-11/h2-5,8H,6-7H2,1H3,(H,16,17). The van der Waals surface area contributed by atoms with Crippen molar-refractivity contribution in [2.24, 2.45) is 0 Å². The normalized spacial score (nSPS) is 10.3. The zero-order valence-corrected chi connectivity index (χ0v) is 11.5. The van der Waals surface area contributed by atoms with Crippen molar-refractivity contribution in [2.75, 3.05) is 5.32 Å². The summed E-state index contributed by atoms with van der Waals surface area (Å²) in [5.41, 5.74) is 1.60. The van der Waals surface area contributed by atoms with E-state index in [1.54, 1.807) is 13.2 Å². The van der Waals surface area contributed by atoms with Crippen molar-refractivity contribution < 1.29 is 9.21 Å². The minimum absolute atomic E-state index is 0.0297. The minimum Gasteiger partial charge on any atom is -0.449 e. The molecular formula is C13H13BrN2O2. The van der Waals surface area contributed by atoms with Gasteiger partial charge in [-0.25, -0.2) is 4.98 Å². The second-order valence-electron chi connectivity index (χ2n) is 3.91. The molecule has 0 bridgehead atoms. The van der Waals surface area contributed by atoms with Gasteiger partial charge in [0.25, 0.3) is 0 Å². The molecule has 2 rings (SSSR count). The highest BCUT2D eigenvalue weighted by Crippen LogP contribution is 2.14. The van der Waals surface area contributed by atoms with Crippen molar-refractivity contribution in [1.82, 2.24) is 4.98 Å². The summed E-state index contributed by atoms with van der Waals surface area (Å²) in [6.45, 7) is 1.78. The van der Waals surface area contributed by atoms with Crippen LogP contribution >= 0.6 is 15.9 Å². The SMILES string of the molecule is Cc1nc(CCC(=O)Nc2ccc(Br)cc2)co1. The molecule has 0 atom stereocenters. The number of aromatic nitrogens is 1. The molecule has 0 saturated heterocycles. The number of anilines is 1. The van der Waals surface area contributed by atoms with Crippen LogP contribution in [0, 0.1) is 6.92 Å². The average molecular weight is 309 g/mol. The molecule has 0 radical (unpaired) electrons. The first-order chi connectivity index (χ1) is 8.63. The Morgan fingerprint density at radius 2 is 2.11 bits per heavy atom. The predicted molar refractivity (Wildman–Crippen MR) is 72.3 cm³/mol. The molecule has 0 fully saturated rings. The van der Waals surface area contributed by atoms with E-state index in [0.29, 0.717) is 18.7 Å². The van der Waals surface area contributed by atoms with Crippen LogP contribution in [0.15, 0.2) is 39.4 Å². The number of oxazole rings is 1. The highest BCUT2D eigenvalue weighted by Gasteiger charge is 2.05. The quantitative estimate of drug-likeness (QED) is 0.942. The number of hydrogen-bond donors (Lipinski definition) is 1. The zero-order chi connectivity index (χ0) is 13.0. The van der Waals surface area contributed by atoms with Gasteiger partial charge in [0.05, 0.1) is 5.69 Å². The Morgan fingerprint density at radius 3 is 2.72 bits per heavy atom. The number of carbonyl (C=O) groups is 1. The van der Waals surface area contributed by atoms with Crippen LogP contribution in [0.1, 0.15) is 18.0 Å². The van der Waals surface area contributed by atoms with Gasteiger partial charge in [0.2, 0.25) is 5.91 Å². The van der Waals surface area contributed by atoms with Crippen molar-refractivity contribution in [3.05, 3.63) is 46.6 Å². The summed E-state index contributed by atoms with van der Waals surface area (Å²) in [5.74, 6) is 0.594. The smallest absolute Gasteiger partial charge is 0.224 e. The number of rotatable bonds is 4. The molecule has 2 aromatic rings. The monoisotopic (exact) mass is 308 g/mol.